The summed E-state index contributed by atoms with van der Waals surface area (Å²) in [7, 11) is 1.34. The lowest BCUT2D eigenvalue weighted by Crippen LogP contribution is -2.48. The predicted molar refractivity (Wildman–Crippen MR) is 82.4 cm³/mol. The van der Waals surface area contributed by atoms with Crippen LogP contribution < -0.4 is 0 Å². The van der Waals surface area contributed by atoms with Crippen LogP contribution >= 0.6 is 0 Å². The maximum Gasteiger partial charge on any atom is 0.339 e. The number of ether oxygens (including phenoxy) is 2. The van der Waals surface area contributed by atoms with Crippen molar-refractivity contribution in [2.75, 3.05) is 26.8 Å². The number of methoxy groups -OCH3 is 1. The minimum atomic E-state index is -0.419. The number of morpholine rings is 1. The van der Waals surface area contributed by atoms with E-state index in [4.69, 9.17) is 9.47 Å². The van der Waals surface area contributed by atoms with Crippen molar-refractivity contribution in [3.8, 4) is 0 Å². The van der Waals surface area contributed by atoms with Crippen molar-refractivity contribution >= 4 is 11.8 Å². The van der Waals surface area contributed by atoms with E-state index in [1.54, 1.807) is 13.8 Å². The Morgan fingerprint density at radius 1 is 1.41 bits per heavy atom. The fourth-order valence-electron chi connectivity index (χ4n) is 2.98. The smallest absolute Gasteiger partial charge is 0.339 e. The highest BCUT2D eigenvalue weighted by Gasteiger charge is 2.30. The summed E-state index contributed by atoms with van der Waals surface area (Å²) in [4.78, 5) is 29.8. The number of nitrogens with zero attached hydrogens (tertiary/aromatic N) is 1. The topological polar surface area (TPSA) is 71.6 Å². The molecule has 2 atom stereocenters. The quantitative estimate of drug-likeness (QED) is 0.677. The van der Waals surface area contributed by atoms with Gasteiger partial charge in [-0.1, -0.05) is 0 Å². The third kappa shape index (κ3) is 3.08. The number of carbonyl (C=O) groups is 2. The lowest BCUT2D eigenvalue weighted by molar-refractivity contribution is -0.0278. The van der Waals surface area contributed by atoms with Crippen molar-refractivity contribution < 1.29 is 19.1 Å². The van der Waals surface area contributed by atoms with Gasteiger partial charge < -0.3 is 14.5 Å². The van der Waals surface area contributed by atoms with E-state index in [0.717, 1.165) is 13.1 Å². The van der Waals surface area contributed by atoms with Crippen LogP contribution in [0.15, 0.2) is 0 Å². The van der Waals surface area contributed by atoms with Gasteiger partial charge in [0.15, 0.2) is 5.78 Å². The van der Waals surface area contributed by atoms with Crippen LogP contribution in [0.4, 0.5) is 0 Å². The summed E-state index contributed by atoms with van der Waals surface area (Å²) in [6.07, 6.45) is 0.126. The van der Waals surface area contributed by atoms with Gasteiger partial charge in [-0.05, 0) is 33.3 Å². The van der Waals surface area contributed by atoms with Gasteiger partial charge >= 0.3 is 5.97 Å². The monoisotopic (exact) mass is 308 g/mol. The molecule has 1 aromatic rings. The molecular formula is C16H24N2O4. The standard InChI is InChI=1S/C16H24N2O4/c1-9-8-18(6-7-22-9)12(4)15(19)14-10(2)13(11(3)17-14)16(20)21-5/h9,12,17H,6-8H2,1-5H3/t9-,12+/m1/s1. The first-order valence-electron chi connectivity index (χ1n) is 7.54. The van der Waals surface area contributed by atoms with Gasteiger partial charge in [0.05, 0.1) is 37.1 Å². The van der Waals surface area contributed by atoms with Gasteiger partial charge in [0, 0.05) is 18.8 Å². The van der Waals surface area contributed by atoms with Crippen molar-refractivity contribution in [1.82, 2.24) is 9.88 Å². The van der Waals surface area contributed by atoms with Crippen LogP contribution in [0.5, 0.6) is 0 Å². The number of ketones is 1. The van der Waals surface area contributed by atoms with Crippen molar-refractivity contribution in [2.24, 2.45) is 0 Å². The van der Waals surface area contributed by atoms with Gasteiger partial charge in [0.1, 0.15) is 0 Å². The van der Waals surface area contributed by atoms with Crippen molar-refractivity contribution in [1.29, 1.82) is 0 Å². The van der Waals surface area contributed by atoms with E-state index in [1.165, 1.54) is 7.11 Å². The van der Waals surface area contributed by atoms with E-state index in [2.05, 4.69) is 9.88 Å². The SMILES string of the molecule is COC(=O)c1c(C)[nH]c(C(=O)[C@H](C)N2CCO[C@H](C)C2)c1C. The van der Waals surface area contributed by atoms with E-state index < -0.39 is 5.97 Å². The van der Waals surface area contributed by atoms with Crippen LogP contribution in [0.1, 0.15) is 46.0 Å². The Morgan fingerprint density at radius 2 is 2.09 bits per heavy atom. The first-order valence-corrected chi connectivity index (χ1v) is 7.54. The molecule has 0 bridgehead atoms. The molecule has 2 heterocycles. The van der Waals surface area contributed by atoms with Crippen LogP contribution in [-0.4, -0.2) is 60.6 Å². The summed E-state index contributed by atoms with van der Waals surface area (Å²) in [6.45, 7) is 9.55. The zero-order chi connectivity index (χ0) is 16.4. The van der Waals surface area contributed by atoms with E-state index >= 15 is 0 Å². The Morgan fingerprint density at radius 3 is 2.68 bits per heavy atom. The first kappa shape index (κ1) is 16.7. The number of carbonyl (C=O) groups excluding carboxylic acids is 2. The molecule has 1 aliphatic rings. The third-order valence-electron chi connectivity index (χ3n) is 4.27. The molecule has 122 valence electrons. The first-order chi connectivity index (χ1) is 10.4. The molecule has 0 aliphatic carbocycles. The van der Waals surface area contributed by atoms with Crippen LogP contribution in [0.3, 0.4) is 0 Å². The zero-order valence-corrected chi connectivity index (χ0v) is 13.9. The molecule has 1 fully saturated rings. The van der Waals surface area contributed by atoms with Gasteiger partial charge in [-0.3, -0.25) is 9.69 Å². The van der Waals surface area contributed by atoms with Crippen molar-refractivity contribution in [3.05, 3.63) is 22.5 Å². The predicted octanol–water partition coefficient (Wildman–Crippen LogP) is 1.71. The average molecular weight is 308 g/mol. The Kier molecular flexibility index (Phi) is 5.03. The molecule has 1 aromatic heterocycles. The van der Waals surface area contributed by atoms with E-state index in [1.807, 2.05) is 13.8 Å². The number of hydrogen-bond acceptors (Lipinski definition) is 5. The summed E-state index contributed by atoms with van der Waals surface area (Å²) in [6, 6.07) is -0.256. The summed E-state index contributed by atoms with van der Waals surface area (Å²) >= 11 is 0. The van der Waals surface area contributed by atoms with Crippen LogP contribution in [-0.2, 0) is 9.47 Å². The van der Waals surface area contributed by atoms with Crippen LogP contribution in [0, 0.1) is 13.8 Å². The number of nitrogens with one attached hydrogen (secondary N) is 1. The number of hydrogen-bond donors (Lipinski definition) is 1. The second-order valence-corrected chi connectivity index (χ2v) is 5.83. The molecule has 0 spiro atoms. The normalized spacial score (nSPS) is 20.7. The number of H-pyrrole nitrogens is 1. The molecule has 0 unspecified atom stereocenters. The minimum absolute atomic E-state index is 0.00940. The Labute approximate surface area is 130 Å². The van der Waals surface area contributed by atoms with Crippen LogP contribution in [0.2, 0.25) is 0 Å². The van der Waals surface area contributed by atoms with Gasteiger partial charge in [-0.2, -0.15) is 0 Å². The third-order valence-corrected chi connectivity index (χ3v) is 4.27. The molecule has 0 radical (unpaired) electrons. The maximum atomic E-state index is 12.8. The number of Topliss-reactive ketones (excluding diaryl/α,β-unsaturated/α-hetero) is 1. The summed E-state index contributed by atoms with van der Waals surface area (Å²) in [5, 5.41) is 0. The number of rotatable bonds is 4. The Hall–Kier alpha value is -1.66. The molecule has 2 rings (SSSR count). The minimum Gasteiger partial charge on any atom is -0.465 e. The Bertz CT molecular complexity index is 579. The molecule has 0 amide bonds. The second kappa shape index (κ2) is 6.62. The van der Waals surface area contributed by atoms with Gasteiger partial charge in [-0.25, -0.2) is 4.79 Å². The molecule has 1 N–H and O–H groups in total. The molecule has 0 aromatic carbocycles. The summed E-state index contributed by atoms with van der Waals surface area (Å²) in [5.74, 6) is -0.428. The second-order valence-electron chi connectivity index (χ2n) is 5.83. The summed E-state index contributed by atoms with van der Waals surface area (Å²) < 4.78 is 10.3. The highest BCUT2D eigenvalue weighted by Crippen LogP contribution is 2.22. The molecular weight excluding hydrogens is 284 g/mol. The number of esters is 1. The number of aryl methyl sites for hydroxylation is 1. The highest BCUT2D eigenvalue weighted by atomic mass is 16.5. The van der Waals surface area contributed by atoms with E-state index in [-0.39, 0.29) is 17.9 Å². The highest BCUT2D eigenvalue weighted by molar-refractivity contribution is 6.03. The maximum absolute atomic E-state index is 12.8. The number of aromatic amines is 1. The fraction of sp³-hybridized carbons (Fsp3) is 0.625. The molecule has 1 saturated heterocycles. The average Bonchev–Trinajstić information content (AvgIpc) is 2.80. The van der Waals surface area contributed by atoms with E-state index in [0.29, 0.717) is 29.1 Å². The van der Waals surface area contributed by atoms with Crippen LogP contribution in [0.25, 0.3) is 0 Å². The summed E-state index contributed by atoms with van der Waals surface area (Å²) in [5.41, 5.74) is 2.26. The van der Waals surface area contributed by atoms with E-state index in [9.17, 15) is 9.59 Å². The Balaban J connectivity index is 2.24. The largest absolute Gasteiger partial charge is 0.465 e. The lowest BCUT2D eigenvalue weighted by Gasteiger charge is -2.34. The molecule has 1 aliphatic heterocycles. The van der Waals surface area contributed by atoms with Gasteiger partial charge in [-0.15, -0.1) is 0 Å². The lowest BCUT2D eigenvalue weighted by atomic mass is 10.0. The van der Waals surface area contributed by atoms with Gasteiger partial charge in [0.25, 0.3) is 0 Å². The van der Waals surface area contributed by atoms with Crippen molar-refractivity contribution in [2.45, 2.75) is 39.8 Å². The molecule has 6 heteroatoms. The van der Waals surface area contributed by atoms with Gasteiger partial charge in [0.2, 0.25) is 0 Å². The number of aromatic nitrogens is 1. The zero-order valence-electron chi connectivity index (χ0n) is 13.9. The molecule has 22 heavy (non-hydrogen) atoms. The van der Waals surface area contributed by atoms with Crippen molar-refractivity contribution in [3.63, 3.8) is 0 Å². The molecule has 0 saturated carbocycles. The fourth-order valence-corrected chi connectivity index (χ4v) is 2.98. The molecule has 6 nitrogen and oxygen atoms in total.